The van der Waals surface area contributed by atoms with Gasteiger partial charge in [0.25, 0.3) is 0 Å². The van der Waals surface area contributed by atoms with Crippen LogP contribution in [0.2, 0.25) is 0 Å². The first-order valence-corrected chi connectivity index (χ1v) is 7.04. The van der Waals surface area contributed by atoms with Gasteiger partial charge in [-0.2, -0.15) is 0 Å². The molecule has 1 aliphatic rings. The highest BCUT2D eigenvalue weighted by Gasteiger charge is 2.11. The van der Waals surface area contributed by atoms with Crippen LogP contribution in [0.5, 0.6) is 11.5 Å². The van der Waals surface area contributed by atoms with E-state index in [2.05, 4.69) is 17.3 Å². The molecule has 0 bridgehead atoms. The minimum Gasteiger partial charge on any atom is -0.493 e. The minimum absolute atomic E-state index is 0.727. The zero-order valence-corrected chi connectivity index (χ0v) is 11.9. The largest absolute Gasteiger partial charge is 0.493 e. The van der Waals surface area contributed by atoms with Crippen molar-refractivity contribution in [1.82, 2.24) is 0 Å². The fourth-order valence-corrected chi connectivity index (χ4v) is 2.56. The number of hydrogen-bond acceptors (Lipinski definition) is 3. The quantitative estimate of drug-likeness (QED) is 0.734. The Morgan fingerprint density at radius 3 is 2.58 bits per heavy atom. The Bertz CT molecular complexity index is 423. The Morgan fingerprint density at radius 1 is 1.16 bits per heavy atom. The van der Waals surface area contributed by atoms with Crippen molar-refractivity contribution in [3.63, 3.8) is 0 Å². The van der Waals surface area contributed by atoms with E-state index in [9.17, 15) is 0 Å². The molecule has 0 spiro atoms. The van der Waals surface area contributed by atoms with Gasteiger partial charge in [-0.1, -0.05) is 18.9 Å². The van der Waals surface area contributed by atoms with Gasteiger partial charge in [-0.05, 0) is 42.9 Å². The first kappa shape index (κ1) is 13.9. The SMILES string of the molecule is COc1ccc(CCN=CC2CCCC2)cc1OC. The van der Waals surface area contributed by atoms with Crippen LogP contribution in [-0.2, 0) is 6.42 Å². The molecule has 3 nitrogen and oxygen atoms in total. The summed E-state index contributed by atoms with van der Waals surface area (Å²) in [4.78, 5) is 4.55. The molecule has 0 unspecified atom stereocenters. The lowest BCUT2D eigenvalue weighted by molar-refractivity contribution is 0.354. The summed E-state index contributed by atoms with van der Waals surface area (Å²) in [5, 5.41) is 0. The number of hydrogen-bond donors (Lipinski definition) is 0. The predicted molar refractivity (Wildman–Crippen MR) is 78.6 cm³/mol. The standard InChI is InChI=1S/C16H23NO2/c1-18-15-8-7-13(11-16(15)19-2)9-10-17-12-14-5-3-4-6-14/h7-8,11-12,14H,3-6,9-10H2,1-2H3. The molecule has 0 atom stereocenters. The Balaban J connectivity index is 1.85. The summed E-state index contributed by atoms with van der Waals surface area (Å²) in [7, 11) is 3.32. The molecule has 1 aromatic rings. The second-order valence-electron chi connectivity index (χ2n) is 5.04. The van der Waals surface area contributed by atoms with E-state index in [1.807, 2.05) is 12.1 Å². The van der Waals surface area contributed by atoms with E-state index in [4.69, 9.17) is 9.47 Å². The average Bonchev–Trinajstić information content (AvgIpc) is 2.96. The third-order valence-corrected chi connectivity index (χ3v) is 3.69. The van der Waals surface area contributed by atoms with Crippen molar-refractivity contribution in [3.8, 4) is 11.5 Å². The highest BCUT2D eigenvalue weighted by atomic mass is 16.5. The third-order valence-electron chi connectivity index (χ3n) is 3.69. The molecular formula is C16H23NO2. The van der Waals surface area contributed by atoms with Crippen LogP contribution in [0, 0.1) is 5.92 Å². The Labute approximate surface area is 115 Å². The van der Waals surface area contributed by atoms with Crippen molar-refractivity contribution in [2.75, 3.05) is 20.8 Å². The van der Waals surface area contributed by atoms with E-state index in [0.717, 1.165) is 30.4 Å². The maximum Gasteiger partial charge on any atom is 0.160 e. The fourth-order valence-electron chi connectivity index (χ4n) is 2.56. The van der Waals surface area contributed by atoms with Crippen molar-refractivity contribution in [1.29, 1.82) is 0 Å². The predicted octanol–water partition coefficient (Wildman–Crippen LogP) is 3.51. The zero-order valence-electron chi connectivity index (χ0n) is 11.9. The van der Waals surface area contributed by atoms with Crippen molar-refractivity contribution >= 4 is 6.21 Å². The first-order chi connectivity index (χ1) is 9.33. The van der Waals surface area contributed by atoms with Crippen molar-refractivity contribution in [2.45, 2.75) is 32.1 Å². The number of nitrogens with zero attached hydrogens (tertiary/aromatic N) is 1. The lowest BCUT2D eigenvalue weighted by Crippen LogP contribution is -1.97. The smallest absolute Gasteiger partial charge is 0.160 e. The van der Waals surface area contributed by atoms with Crippen molar-refractivity contribution in [3.05, 3.63) is 23.8 Å². The summed E-state index contributed by atoms with van der Waals surface area (Å²) in [6.45, 7) is 0.853. The minimum atomic E-state index is 0.727. The van der Waals surface area contributed by atoms with E-state index >= 15 is 0 Å². The lowest BCUT2D eigenvalue weighted by atomic mass is 10.1. The number of benzene rings is 1. The summed E-state index contributed by atoms with van der Waals surface area (Å²) in [6.07, 6.45) is 8.48. The molecule has 3 heteroatoms. The van der Waals surface area contributed by atoms with Gasteiger partial charge < -0.3 is 9.47 Å². The molecule has 1 aliphatic carbocycles. The molecule has 1 saturated carbocycles. The van der Waals surface area contributed by atoms with Crippen LogP contribution in [-0.4, -0.2) is 27.0 Å². The molecule has 104 valence electrons. The monoisotopic (exact) mass is 261 g/mol. The van der Waals surface area contributed by atoms with Gasteiger partial charge >= 0.3 is 0 Å². The molecule has 0 saturated heterocycles. The normalized spacial score (nSPS) is 16.1. The summed E-state index contributed by atoms with van der Waals surface area (Å²) in [5.74, 6) is 2.30. The molecule has 0 aromatic heterocycles. The Kier molecular flexibility index (Phi) is 5.25. The second kappa shape index (κ2) is 7.17. The summed E-state index contributed by atoms with van der Waals surface area (Å²) in [6, 6.07) is 6.06. The van der Waals surface area contributed by atoms with E-state index in [-0.39, 0.29) is 0 Å². The summed E-state index contributed by atoms with van der Waals surface area (Å²) >= 11 is 0. The first-order valence-electron chi connectivity index (χ1n) is 7.04. The maximum atomic E-state index is 5.30. The van der Waals surface area contributed by atoms with Crippen LogP contribution in [0.25, 0.3) is 0 Å². The molecule has 19 heavy (non-hydrogen) atoms. The topological polar surface area (TPSA) is 30.8 Å². The molecule has 1 aromatic carbocycles. The van der Waals surface area contributed by atoms with Gasteiger partial charge in [0.1, 0.15) is 0 Å². The van der Waals surface area contributed by atoms with Gasteiger partial charge in [-0.15, -0.1) is 0 Å². The van der Waals surface area contributed by atoms with Crippen LogP contribution >= 0.6 is 0 Å². The highest BCUT2D eigenvalue weighted by Crippen LogP contribution is 2.27. The van der Waals surface area contributed by atoms with Gasteiger partial charge in [-0.3, -0.25) is 4.99 Å². The molecule has 0 radical (unpaired) electrons. The van der Waals surface area contributed by atoms with Gasteiger partial charge in [0.15, 0.2) is 11.5 Å². The zero-order chi connectivity index (χ0) is 13.5. The third kappa shape index (κ3) is 3.98. The summed E-state index contributed by atoms with van der Waals surface area (Å²) < 4.78 is 10.5. The summed E-state index contributed by atoms with van der Waals surface area (Å²) in [5.41, 5.74) is 1.24. The Morgan fingerprint density at radius 2 is 1.89 bits per heavy atom. The van der Waals surface area contributed by atoms with Gasteiger partial charge in [-0.25, -0.2) is 0 Å². The maximum absolute atomic E-state index is 5.30. The van der Waals surface area contributed by atoms with Crippen LogP contribution in [0.15, 0.2) is 23.2 Å². The Hall–Kier alpha value is -1.51. The van der Waals surface area contributed by atoms with Crippen LogP contribution < -0.4 is 9.47 Å². The van der Waals surface area contributed by atoms with Crippen molar-refractivity contribution < 1.29 is 9.47 Å². The van der Waals surface area contributed by atoms with Gasteiger partial charge in [0.05, 0.1) is 14.2 Å². The average molecular weight is 261 g/mol. The molecule has 0 amide bonds. The number of rotatable bonds is 6. The van der Waals surface area contributed by atoms with Gasteiger partial charge in [0, 0.05) is 12.8 Å². The molecule has 0 aliphatic heterocycles. The molecule has 0 heterocycles. The van der Waals surface area contributed by atoms with Crippen LogP contribution in [0.4, 0.5) is 0 Å². The number of aliphatic imine (C=N–C) groups is 1. The second-order valence-corrected chi connectivity index (χ2v) is 5.04. The van der Waals surface area contributed by atoms with Gasteiger partial charge in [0.2, 0.25) is 0 Å². The highest BCUT2D eigenvalue weighted by molar-refractivity contribution is 5.61. The molecule has 2 rings (SSSR count). The van der Waals surface area contributed by atoms with Crippen molar-refractivity contribution in [2.24, 2.45) is 10.9 Å². The van der Waals surface area contributed by atoms with E-state index in [1.165, 1.54) is 31.2 Å². The molecule has 0 N–H and O–H groups in total. The van der Waals surface area contributed by atoms with Crippen LogP contribution in [0.1, 0.15) is 31.2 Å². The van der Waals surface area contributed by atoms with E-state index in [0.29, 0.717) is 0 Å². The number of methoxy groups -OCH3 is 2. The number of ether oxygens (including phenoxy) is 2. The fraction of sp³-hybridized carbons (Fsp3) is 0.562. The molecular weight excluding hydrogens is 238 g/mol. The van der Waals surface area contributed by atoms with E-state index in [1.54, 1.807) is 14.2 Å². The lowest BCUT2D eigenvalue weighted by Gasteiger charge is -2.08. The van der Waals surface area contributed by atoms with Crippen LogP contribution in [0.3, 0.4) is 0 Å². The molecule has 1 fully saturated rings. The van der Waals surface area contributed by atoms with E-state index < -0.39 is 0 Å².